The summed E-state index contributed by atoms with van der Waals surface area (Å²) in [6.45, 7) is 3.01. The van der Waals surface area contributed by atoms with Gasteiger partial charge >= 0.3 is 0 Å². The van der Waals surface area contributed by atoms with Crippen molar-refractivity contribution in [3.05, 3.63) is 35.9 Å². The van der Waals surface area contributed by atoms with Crippen LogP contribution in [0.25, 0.3) is 0 Å². The molecule has 0 saturated carbocycles. The molecule has 0 fully saturated rings. The third-order valence-corrected chi connectivity index (χ3v) is 3.78. The molecule has 0 bridgehead atoms. The predicted octanol–water partition coefficient (Wildman–Crippen LogP) is 0.920. The van der Waals surface area contributed by atoms with Crippen molar-refractivity contribution in [1.29, 1.82) is 0 Å². The molecule has 0 heterocycles. The highest BCUT2D eigenvalue weighted by Gasteiger charge is 2.13. The van der Waals surface area contributed by atoms with E-state index >= 15 is 0 Å². The number of nitrogens with one attached hydrogen (secondary N) is 1. The number of amides is 2. The number of benzene rings is 1. The van der Waals surface area contributed by atoms with E-state index in [0.717, 1.165) is 5.56 Å². The molecule has 5 nitrogen and oxygen atoms in total. The Kier molecular flexibility index (Phi) is 7.68. The lowest BCUT2D eigenvalue weighted by molar-refractivity contribution is -0.133. The highest BCUT2D eigenvalue weighted by Crippen LogP contribution is 2.04. The van der Waals surface area contributed by atoms with Crippen LogP contribution in [0.4, 0.5) is 0 Å². The molecular weight excluding hydrogens is 288 g/mol. The summed E-state index contributed by atoms with van der Waals surface area (Å²) in [5.41, 5.74) is 1.06. The second-order valence-electron chi connectivity index (χ2n) is 4.70. The van der Waals surface area contributed by atoms with Crippen LogP contribution in [0.3, 0.4) is 0 Å². The Bertz CT molecular complexity index is 491. The minimum atomic E-state index is -0.994. The van der Waals surface area contributed by atoms with Gasteiger partial charge in [0, 0.05) is 42.3 Å². The third kappa shape index (κ3) is 7.04. The predicted molar refractivity (Wildman–Crippen MR) is 84.1 cm³/mol. The summed E-state index contributed by atoms with van der Waals surface area (Å²) in [4.78, 5) is 25.3. The van der Waals surface area contributed by atoms with Gasteiger partial charge in [0.2, 0.25) is 11.8 Å². The van der Waals surface area contributed by atoms with E-state index in [-0.39, 0.29) is 24.8 Å². The molecule has 1 aromatic carbocycles. The zero-order valence-corrected chi connectivity index (χ0v) is 13.3. The molecule has 6 heteroatoms. The number of likely N-dealkylation sites (N-methyl/N-ethyl adjacent to an activating group) is 1. The average Bonchev–Trinajstić information content (AvgIpc) is 2.49. The van der Waals surface area contributed by atoms with Crippen molar-refractivity contribution in [3.63, 3.8) is 0 Å². The van der Waals surface area contributed by atoms with Gasteiger partial charge < -0.3 is 10.2 Å². The standard InChI is InChI=1S/C15H22N2O3S/c1-3-17(12-13-7-5-4-6-8-13)15(19)11-16-14(18)9-10-21(2)20/h4-8H,3,9-12H2,1-2H3,(H,16,18)/t21-/m0/s1. The van der Waals surface area contributed by atoms with E-state index in [1.165, 1.54) is 0 Å². The van der Waals surface area contributed by atoms with Gasteiger partial charge in [-0.2, -0.15) is 0 Å². The molecule has 0 aliphatic rings. The summed E-state index contributed by atoms with van der Waals surface area (Å²) in [6.07, 6.45) is 1.73. The van der Waals surface area contributed by atoms with Crippen molar-refractivity contribution in [3.8, 4) is 0 Å². The summed E-state index contributed by atoms with van der Waals surface area (Å²) in [6, 6.07) is 9.72. The van der Waals surface area contributed by atoms with Crippen LogP contribution in [0.15, 0.2) is 30.3 Å². The number of hydrogen-bond donors (Lipinski definition) is 1. The number of carbonyl (C=O) groups excluding carboxylic acids is 2. The minimum absolute atomic E-state index is 0.0180. The van der Waals surface area contributed by atoms with Crippen LogP contribution in [0.5, 0.6) is 0 Å². The van der Waals surface area contributed by atoms with E-state index in [0.29, 0.717) is 18.8 Å². The summed E-state index contributed by atoms with van der Waals surface area (Å²) < 4.78 is 10.9. The summed E-state index contributed by atoms with van der Waals surface area (Å²) in [5, 5.41) is 2.57. The maximum atomic E-state index is 12.1. The first-order valence-corrected chi connectivity index (χ1v) is 8.64. The number of nitrogens with zero attached hydrogens (tertiary/aromatic N) is 1. The van der Waals surface area contributed by atoms with E-state index in [1.807, 2.05) is 37.3 Å². The molecule has 2 amide bonds. The van der Waals surface area contributed by atoms with Crippen LogP contribution >= 0.6 is 0 Å². The fourth-order valence-electron chi connectivity index (χ4n) is 1.79. The first-order chi connectivity index (χ1) is 10.0. The molecule has 1 rings (SSSR count). The van der Waals surface area contributed by atoms with Gasteiger partial charge in [-0.15, -0.1) is 0 Å². The van der Waals surface area contributed by atoms with Gasteiger partial charge in [0.1, 0.15) is 0 Å². The van der Waals surface area contributed by atoms with Gasteiger partial charge in [-0.05, 0) is 12.5 Å². The van der Waals surface area contributed by atoms with Crippen LogP contribution in [0, 0.1) is 0 Å². The molecule has 1 N–H and O–H groups in total. The largest absolute Gasteiger partial charge is 0.347 e. The highest BCUT2D eigenvalue weighted by molar-refractivity contribution is 7.84. The lowest BCUT2D eigenvalue weighted by Gasteiger charge is -2.21. The normalized spacial score (nSPS) is 11.7. The van der Waals surface area contributed by atoms with Crippen LogP contribution < -0.4 is 5.32 Å². The maximum Gasteiger partial charge on any atom is 0.242 e. The summed E-state index contributed by atoms with van der Waals surface area (Å²) in [7, 11) is -0.994. The first-order valence-electron chi connectivity index (χ1n) is 6.91. The molecule has 0 saturated heterocycles. The van der Waals surface area contributed by atoms with E-state index in [9.17, 15) is 13.8 Å². The van der Waals surface area contributed by atoms with Crippen LogP contribution in [0.2, 0.25) is 0 Å². The summed E-state index contributed by atoms with van der Waals surface area (Å²) in [5.74, 6) is -0.0386. The Labute approximate surface area is 128 Å². The minimum Gasteiger partial charge on any atom is -0.347 e. The van der Waals surface area contributed by atoms with E-state index in [1.54, 1.807) is 11.2 Å². The first kappa shape index (κ1) is 17.4. The topological polar surface area (TPSA) is 66.5 Å². The third-order valence-electron chi connectivity index (χ3n) is 3.00. The zero-order chi connectivity index (χ0) is 15.7. The lowest BCUT2D eigenvalue weighted by atomic mass is 10.2. The summed E-state index contributed by atoms with van der Waals surface area (Å²) >= 11 is 0. The second-order valence-corrected chi connectivity index (χ2v) is 6.25. The number of rotatable bonds is 8. The van der Waals surface area contributed by atoms with Gasteiger partial charge in [-0.3, -0.25) is 13.8 Å². The second kappa shape index (κ2) is 9.28. The van der Waals surface area contributed by atoms with Crippen molar-refractivity contribution in [1.82, 2.24) is 10.2 Å². The Morgan fingerprint density at radius 2 is 1.90 bits per heavy atom. The molecule has 1 atom stereocenters. The molecule has 0 aliphatic carbocycles. The maximum absolute atomic E-state index is 12.1. The Morgan fingerprint density at radius 1 is 1.24 bits per heavy atom. The molecule has 0 unspecified atom stereocenters. The molecule has 0 radical (unpaired) electrons. The van der Waals surface area contributed by atoms with Crippen molar-refractivity contribution < 1.29 is 13.8 Å². The van der Waals surface area contributed by atoms with Crippen LogP contribution in [-0.2, 0) is 26.9 Å². The highest BCUT2D eigenvalue weighted by atomic mass is 32.2. The van der Waals surface area contributed by atoms with Crippen LogP contribution in [-0.4, -0.2) is 46.0 Å². The fourth-order valence-corrected chi connectivity index (χ4v) is 2.26. The Hall–Kier alpha value is -1.69. The Balaban J connectivity index is 2.41. The molecule has 116 valence electrons. The van der Waals surface area contributed by atoms with Gasteiger partial charge in [0.05, 0.1) is 6.54 Å². The number of carbonyl (C=O) groups is 2. The van der Waals surface area contributed by atoms with Gasteiger partial charge in [0.15, 0.2) is 0 Å². The Morgan fingerprint density at radius 3 is 2.48 bits per heavy atom. The van der Waals surface area contributed by atoms with Gasteiger partial charge in [-0.25, -0.2) is 0 Å². The fraction of sp³-hybridized carbons (Fsp3) is 0.467. The quantitative estimate of drug-likeness (QED) is 0.776. The van der Waals surface area contributed by atoms with Crippen molar-refractivity contribution in [2.45, 2.75) is 19.9 Å². The van der Waals surface area contributed by atoms with Crippen molar-refractivity contribution >= 4 is 22.6 Å². The van der Waals surface area contributed by atoms with E-state index < -0.39 is 10.8 Å². The van der Waals surface area contributed by atoms with Crippen molar-refractivity contribution in [2.24, 2.45) is 0 Å². The molecular formula is C15H22N2O3S. The monoisotopic (exact) mass is 310 g/mol. The average molecular weight is 310 g/mol. The smallest absolute Gasteiger partial charge is 0.242 e. The molecule has 1 aromatic rings. The van der Waals surface area contributed by atoms with Crippen LogP contribution in [0.1, 0.15) is 18.9 Å². The van der Waals surface area contributed by atoms with Gasteiger partial charge in [-0.1, -0.05) is 30.3 Å². The van der Waals surface area contributed by atoms with Crippen molar-refractivity contribution in [2.75, 3.05) is 25.1 Å². The SMILES string of the molecule is CCN(Cc1ccccc1)C(=O)CNC(=O)CC[S@](C)=O. The lowest BCUT2D eigenvalue weighted by Crippen LogP contribution is -2.40. The van der Waals surface area contributed by atoms with Gasteiger partial charge in [0.25, 0.3) is 0 Å². The molecule has 21 heavy (non-hydrogen) atoms. The molecule has 0 aromatic heterocycles. The zero-order valence-electron chi connectivity index (χ0n) is 12.5. The number of hydrogen-bond acceptors (Lipinski definition) is 3. The van der Waals surface area contributed by atoms with E-state index in [4.69, 9.17) is 0 Å². The molecule has 0 spiro atoms. The van der Waals surface area contributed by atoms with E-state index in [2.05, 4.69) is 5.32 Å². The molecule has 0 aliphatic heterocycles.